The standard InChI is InChI=1S/C9H14O4S/c10-6-4-13-5-7(6)14-9(1-2-9)3-8(11)12/h6-7,10H,1-5H2,(H,11,12)/t6-,7-/m1/s1. The zero-order valence-corrected chi connectivity index (χ0v) is 8.63. The zero-order valence-electron chi connectivity index (χ0n) is 7.81. The minimum absolute atomic E-state index is 0.0665. The summed E-state index contributed by atoms with van der Waals surface area (Å²) < 4.78 is 5.02. The Bertz CT molecular complexity index is 239. The summed E-state index contributed by atoms with van der Waals surface area (Å²) in [6.07, 6.45) is 1.69. The van der Waals surface area contributed by atoms with Gasteiger partial charge in [-0.1, -0.05) is 0 Å². The van der Waals surface area contributed by atoms with Crippen molar-refractivity contribution in [2.24, 2.45) is 0 Å². The molecule has 80 valence electrons. The molecule has 5 heteroatoms. The van der Waals surface area contributed by atoms with E-state index in [1.165, 1.54) is 0 Å². The van der Waals surface area contributed by atoms with E-state index >= 15 is 0 Å². The Morgan fingerprint density at radius 3 is 2.64 bits per heavy atom. The predicted molar refractivity (Wildman–Crippen MR) is 52.4 cm³/mol. The lowest BCUT2D eigenvalue weighted by Gasteiger charge is -2.18. The molecule has 2 N–H and O–H groups in total. The third-order valence-corrected chi connectivity index (χ3v) is 4.49. The van der Waals surface area contributed by atoms with E-state index in [0.717, 1.165) is 12.8 Å². The topological polar surface area (TPSA) is 66.8 Å². The van der Waals surface area contributed by atoms with Gasteiger partial charge in [0.05, 0.1) is 31.0 Å². The maximum Gasteiger partial charge on any atom is 0.304 e. The number of hydrogen-bond donors (Lipinski definition) is 2. The number of carboxylic acids is 1. The first-order chi connectivity index (χ1) is 6.61. The van der Waals surface area contributed by atoms with Gasteiger partial charge >= 0.3 is 5.97 Å². The number of carboxylic acid groups (broad SMARTS) is 1. The second-order valence-corrected chi connectivity index (χ2v) is 5.72. The number of rotatable bonds is 4. The summed E-state index contributed by atoms with van der Waals surface area (Å²) in [7, 11) is 0. The third-order valence-electron chi connectivity index (χ3n) is 2.68. The quantitative estimate of drug-likeness (QED) is 0.718. The molecule has 0 spiro atoms. The molecule has 0 bridgehead atoms. The highest BCUT2D eigenvalue weighted by molar-refractivity contribution is 8.01. The molecule has 1 heterocycles. The van der Waals surface area contributed by atoms with Gasteiger partial charge in [-0.05, 0) is 12.8 Å². The molecule has 1 saturated carbocycles. The van der Waals surface area contributed by atoms with Crippen molar-refractivity contribution in [3.8, 4) is 0 Å². The highest BCUT2D eigenvalue weighted by Crippen LogP contribution is 2.53. The van der Waals surface area contributed by atoms with Gasteiger partial charge in [-0.2, -0.15) is 0 Å². The van der Waals surface area contributed by atoms with Crippen LogP contribution in [0.2, 0.25) is 0 Å². The fourth-order valence-corrected chi connectivity index (χ4v) is 3.30. The molecule has 0 radical (unpaired) electrons. The fraction of sp³-hybridized carbons (Fsp3) is 0.889. The van der Waals surface area contributed by atoms with Crippen LogP contribution in [0.25, 0.3) is 0 Å². The summed E-state index contributed by atoms with van der Waals surface area (Å²) >= 11 is 1.60. The Hall–Kier alpha value is -0.260. The van der Waals surface area contributed by atoms with Crippen molar-refractivity contribution in [3.63, 3.8) is 0 Å². The Morgan fingerprint density at radius 1 is 1.50 bits per heavy atom. The molecule has 2 rings (SSSR count). The predicted octanol–water partition coefficient (Wildman–Crippen LogP) is 0.487. The van der Waals surface area contributed by atoms with Crippen molar-refractivity contribution in [3.05, 3.63) is 0 Å². The molecule has 1 saturated heterocycles. The number of carbonyl (C=O) groups is 1. The Morgan fingerprint density at radius 2 is 2.21 bits per heavy atom. The van der Waals surface area contributed by atoms with Crippen LogP contribution >= 0.6 is 11.8 Å². The molecule has 0 unspecified atom stereocenters. The number of thioether (sulfide) groups is 1. The Labute approximate surface area is 86.6 Å². The van der Waals surface area contributed by atoms with E-state index < -0.39 is 12.1 Å². The average molecular weight is 218 g/mol. The normalized spacial score (nSPS) is 34.4. The summed E-state index contributed by atoms with van der Waals surface area (Å²) in [4.78, 5) is 10.6. The molecular formula is C9H14O4S. The monoisotopic (exact) mass is 218 g/mol. The lowest BCUT2D eigenvalue weighted by Crippen LogP contribution is -2.25. The van der Waals surface area contributed by atoms with Crippen LogP contribution in [0.1, 0.15) is 19.3 Å². The Kier molecular flexibility index (Phi) is 2.72. The lowest BCUT2D eigenvalue weighted by molar-refractivity contribution is -0.137. The van der Waals surface area contributed by atoms with Gasteiger partial charge in [-0.25, -0.2) is 0 Å². The molecule has 1 aliphatic heterocycles. The lowest BCUT2D eigenvalue weighted by atomic mass is 10.3. The second-order valence-electron chi connectivity index (χ2n) is 4.01. The summed E-state index contributed by atoms with van der Waals surface area (Å²) in [6, 6.07) is 0. The first-order valence-corrected chi connectivity index (χ1v) is 5.65. The summed E-state index contributed by atoms with van der Waals surface area (Å²) in [5.41, 5.74) is 0. The fourth-order valence-electron chi connectivity index (χ4n) is 1.71. The van der Waals surface area contributed by atoms with Gasteiger partial charge in [-0.15, -0.1) is 11.8 Å². The smallest absolute Gasteiger partial charge is 0.304 e. The third kappa shape index (κ3) is 2.21. The van der Waals surface area contributed by atoms with Crippen LogP contribution < -0.4 is 0 Å². The molecule has 2 atom stereocenters. The summed E-state index contributed by atoms with van der Waals surface area (Å²) in [6.45, 7) is 0.939. The van der Waals surface area contributed by atoms with Crippen molar-refractivity contribution < 1.29 is 19.7 Å². The minimum atomic E-state index is -0.747. The van der Waals surface area contributed by atoms with E-state index in [1.807, 2.05) is 0 Å². The van der Waals surface area contributed by atoms with Gasteiger partial charge in [0, 0.05) is 4.75 Å². The average Bonchev–Trinajstić information content (AvgIpc) is 2.70. The van der Waals surface area contributed by atoms with E-state index in [-0.39, 0.29) is 16.4 Å². The van der Waals surface area contributed by atoms with E-state index in [4.69, 9.17) is 9.84 Å². The van der Waals surface area contributed by atoms with Gasteiger partial charge in [0.25, 0.3) is 0 Å². The molecular weight excluding hydrogens is 204 g/mol. The molecule has 0 aromatic heterocycles. The highest BCUT2D eigenvalue weighted by Gasteiger charge is 2.48. The Balaban J connectivity index is 1.87. The first-order valence-electron chi connectivity index (χ1n) is 4.77. The van der Waals surface area contributed by atoms with Crippen LogP contribution in [-0.2, 0) is 9.53 Å². The first kappa shape index (κ1) is 10.3. The van der Waals surface area contributed by atoms with Crippen molar-refractivity contribution in [2.75, 3.05) is 13.2 Å². The van der Waals surface area contributed by atoms with Crippen molar-refractivity contribution in [1.82, 2.24) is 0 Å². The van der Waals surface area contributed by atoms with Gasteiger partial charge in [-0.3, -0.25) is 4.79 Å². The SMILES string of the molecule is O=C(O)CC1(S[C@@H]2COC[C@H]2O)CC1. The second kappa shape index (κ2) is 3.72. The van der Waals surface area contributed by atoms with Crippen molar-refractivity contribution in [1.29, 1.82) is 0 Å². The van der Waals surface area contributed by atoms with Gasteiger partial charge in [0.2, 0.25) is 0 Å². The minimum Gasteiger partial charge on any atom is -0.481 e. The van der Waals surface area contributed by atoms with Crippen LogP contribution in [-0.4, -0.2) is 45.5 Å². The number of hydrogen-bond acceptors (Lipinski definition) is 4. The van der Waals surface area contributed by atoms with Crippen LogP contribution in [0.3, 0.4) is 0 Å². The van der Waals surface area contributed by atoms with Crippen LogP contribution in [0, 0.1) is 0 Å². The number of ether oxygens (including phenoxy) is 1. The molecule has 2 aliphatic rings. The van der Waals surface area contributed by atoms with E-state index in [0.29, 0.717) is 13.2 Å². The van der Waals surface area contributed by atoms with Gasteiger partial charge in [0.15, 0.2) is 0 Å². The molecule has 1 aliphatic carbocycles. The van der Waals surface area contributed by atoms with E-state index in [9.17, 15) is 9.90 Å². The number of aliphatic carboxylic acids is 1. The molecule has 4 nitrogen and oxygen atoms in total. The summed E-state index contributed by atoms with van der Waals surface area (Å²) in [5.74, 6) is -0.747. The molecule has 0 aromatic rings. The van der Waals surface area contributed by atoms with Crippen LogP contribution in [0.5, 0.6) is 0 Å². The van der Waals surface area contributed by atoms with Crippen LogP contribution in [0.15, 0.2) is 0 Å². The maximum atomic E-state index is 10.6. The maximum absolute atomic E-state index is 10.6. The van der Waals surface area contributed by atoms with E-state index in [1.54, 1.807) is 11.8 Å². The largest absolute Gasteiger partial charge is 0.481 e. The van der Waals surface area contributed by atoms with Gasteiger partial charge < -0.3 is 14.9 Å². The zero-order chi connectivity index (χ0) is 10.2. The van der Waals surface area contributed by atoms with Crippen molar-refractivity contribution in [2.45, 2.75) is 35.4 Å². The molecule has 2 fully saturated rings. The molecule has 14 heavy (non-hydrogen) atoms. The van der Waals surface area contributed by atoms with Crippen molar-refractivity contribution >= 4 is 17.7 Å². The number of aliphatic hydroxyl groups is 1. The number of aliphatic hydroxyl groups excluding tert-OH is 1. The van der Waals surface area contributed by atoms with E-state index in [2.05, 4.69) is 0 Å². The molecule has 0 aromatic carbocycles. The summed E-state index contributed by atoms with van der Waals surface area (Å²) in [5, 5.41) is 18.3. The van der Waals surface area contributed by atoms with Gasteiger partial charge in [0.1, 0.15) is 0 Å². The van der Waals surface area contributed by atoms with Crippen LogP contribution in [0.4, 0.5) is 0 Å². The highest BCUT2D eigenvalue weighted by atomic mass is 32.2. The molecule has 0 amide bonds.